The van der Waals surface area contributed by atoms with Gasteiger partial charge in [-0.15, -0.1) is 5.10 Å². The summed E-state index contributed by atoms with van der Waals surface area (Å²) in [5.41, 5.74) is 0. The lowest BCUT2D eigenvalue weighted by atomic mass is 10.6. The molecule has 1 rings (SSSR count). The quantitative estimate of drug-likeness (QED) is 0.561. The molecule has 1 aromatic rings. The van der Waals surface area contributed by atoms with Crippen molar-refractivity contribution in [1.82, 2.24) is 15.0 Å². The summed E-state index contributed by atoms with van der Waals surface area (Å²) in [7, 11) is 0. The van der Waals surface area contributed by atoms with E-state index in [1.165, 1.54) is 0 Å². The molecule has 0 aliphatic rings. The van der Waals surface area contributed by atoms with Crippen LogP contribution in [0, 0.1) is 6.20 Å². The van der Waals surface area contributed by atoms with Crippen molar-refractivity contribution in [3.05, 3.63) is 12.4 Å². The zero-order valence-corrected chi connectivity index (χ0v) is 4.67. The maximum absolute atomic E-state index is 12.1. The number of nitrogens with zero attached hydrogens (tertiary/aromatic N) is 3. The van der Waals surface area contributed by atoms with E-state index in [1.54, 1.807) is 0 Å². The van der Waals surface area contributed by atoms with Crippen LogP contribution in [0.3, 0.4) is 0 Å². The highest BCUT2D eigenvalue weighted by Crippen LogP contribution is 2.15. The molecule has 0 amide bonds. The fourth-order valence-corrected chi connectivity index (χ4v) is 0.372. The van der Waals surface area contributed by atoms with Crippen LogP contribution in [0.2, 0.25) is 0 Å². The van der Waals surface area contributed by atoms with Crippen molar-refractivity contribution < 1.29 is 8.78 Å². The topological polar surface area (TPSA) is 30.7 Å². The van der Waals surface area contributed by atoms with Crippen LogP contribution < -0.4 is 0 Å². The highest BCUT2D eigenvalue weighted by molar-refractivity contribution is 4.65. The van der Waals surface area contributed by atoms with Crippen LogP contribution in [0.25, 0.3) is 0 Å². The number of hydrogen-bond acceptors (Lipinski definition) is 2. The summed E-state index contributed by atoms with van der Waals surface area (Å²) in [5.74, 6) is 0. The maximum atomic E-state index is 12.1. The van der Waals surface area contributed by atoms with Gasteiger partial charge < -0.3 is 0 Å². The first-order chi connectivity index (χ1) is 4.11. The molecular formula is C4H4F2N3. The molecule has 0 aliphatic carbocycles. The molecule has 0 fully saturated rings. The smallest absolute Gasteiger partial charge is 0.188 e. The zero-order valence-electron chi connectivity index (χ0n) is 4.67. The minimum Gasteiger partial charge on any atom is -0.188 e. The van der Waals surface area contributed by atoms with E-state index in [-0.39, 0.29) is 0 Å². The van der Waals surface area contributed by atoms with Gasteiger partial charge in [-0.25, -0.2) is 0 Å². The molecule has 1 radical (unpaired) electrons. The van der Waals surface area contributed by atoms with Gasteiger partial charge in [0.2, 0.25) is 0 Å². The highest BCUT2D eigenvalue weighted by Gasteiger charge is 2.23. The minimum atomic E-state index is -2.97. The van der Waals surface area contributed by atoms with E-state index < -0.39 is 6.05 Å². The number of rotatable bonds is 1. The molecule has 0 unspecified atom stereocenters. The summed E-state index contributed by atoms with van der Waals surface area (Å²) < 4.78 is 24.7. The normalized spacial score (nSPS) is 11.9. The number of aromatic nitrogens is 3. The molecule has 0 aliphatic heterocycles. The fraction of sp³-hybridized carbons (Fsp3) is 0.500. The van der Waals surface area contributed by atoms with Gasteiger partial charge in [0.1, 0.15) is 6.20 Å². The van der Waals surface area contributed by atoms with E-state index in [1.807, 2.05) is 0 Å². The van der Waals surface area contributed by atoms with Crippen LogP contribution in [0.15, 0.2) is 6.20 Å². The summed E-state index contributed by atoms with van der Waals surface area (Å²) in [6.07, 6.45) is 3.14. The van der Waals surface area contributed by atoms with Crippen LogP contribution >= 0.6 is 0 Å². The Morgan fingerprint density at radius 1 is 1.67 bits per heavy atom. The van der Waals surface area contributed by atoms with Crippen molar-refractivity contribution in [2.75, 3.05) is 0 Å². The summed E-state index contributed by atoms with van der Waals surface area (Å²) in [5, 5.41) is 6.15. The molecule has 0 spiro atoms. The summed E-state index contributed by atoms with van der Waals surface area (Å²) in [6, 6.07) is -2.97. The standard InChI is InChI=1S/C4H4F2N3/c1-4(5,6)9-3-2-7-8-9/h3H,1H3. The van der Waals surface area contributed by atoms with Crippen molar-refractivity contribution in [3.8, 4) is 0 Å². The van der Waals surface area contributed by atoms with E-state index in [0.717, 1.165) is 13.1 Å². The van der Waals surface area contributed by atoms with Gasteiger partial charge in [0.25, 0.3) is 0 Å². The van der Waals surface area contributed by atoms with Gasteiger partial charge in [-0.1, -0.05) is 5.21 Å². The lowest BCUT2D eigenvalue weighted by Gasteiger charge is -2.07. The van der Waals surface area contributed by atoms with Gasteiger partial charge >= 0.3 is 6.05 Å². The Bertz CT molecular complexity index is 176. The fourth-order valence-electron chi connectivity index (χ4n) is 0.372. The zero-order chi connectivity index (χ0) is 6.91. The summed E-state index contributed by atoms with van der Waals surface area (Å²) in [4.78, 5) is 0. The third kappa shape index (κ3) is 1.22. The third-order valence-corrected chi connectivity index (χ3v) is 0.781. The van der Waals surface area contributed by atoms with Crippen LogP contribution in [0.4, 0.5) is 8.78 Å². The molecule has 5 heteroatoms. The molecule has 1 heterocycles. The molecule has 0 saturated heterocycles. The Hall–Kier alpha value is -1.00. The molecule has 9 heavy (non-hydrogen) atoms. The second-order valence-corrected chi connectivity index (χ2v) is 1.63. The molecule has 0 aromatic carbocycles. The third-order valence-electron chi connectivity index (χ3n) is 0.781. The number of alkyl halides is 2. The van der Waals surface area contributed by atoms with E-state index >= 15 is 0 Å². The van der Waals surface area contributed by atoms with Gasteiger partial charge in [-0.2, -0.15) is 13.5 Å². The largest absolute Gasteiger partial charge is 0.342 e. The Kier molecular flexibility index (Phi) is 1.19. The molecule has 0 N–H and O–H groups in total. The molecule has 0 saturated carbocycles. The maximum Gasteiger partial charge on any atom is 0.342 e. The Morgan fingerprint density at radius 2 is 2.33 bits per heavy atom. The SMILES string of the molecule is CC(F)(F)n1c[c]nn1. The first kappa shape index (κ1) is 6.12. The van der Waals surface area contributed by atoms with Crippen molar-refractivity contribution in [1.29, 1.82) is 0 Å². The Labute approximate surface area is 50.3 Å². The molecule has 49 valence electrons. The number of halogens is 2. The predicted molar refractivity (Wildman–Crippen MR) is 24.7 cm³/mol. The molecule has 0 bridgehead atoms. The first-order valence-corrected chi connectivity index (χ1v) is 2.27. The van der Waals surface area contributed by atoms with Crippen LogP contribution in [0.1, 0.15) is 6.92 Å². The van der Waals surface area contributed by atoms with Crippen LogP contribution in [-0.2, 0) is 6.05 Å². The monoisotopic (exact) mass is 132 g/mol. The van der Waals surface area contributed by atoms with Gasteiger partial charge in [0, 0.05) is 6.92 Å². The van der Waals surface area contributed by atoms with Gasteiger partial charge in [-0.05, 0) is 0 Å². The summed E-state index contributed by atoms with van der Waals surface area (Å²) in [6.45, 7) is 0.732. The van der Waals surface area contributed by atoms with Crippen molar-refractivity contribution in [3.63, 3.8) is 0 Å². The lowest BCUT2D eigenvalue weighted by molar-refractivity contribution is -0.0737. The molecule has 1 aromatic heterocycles. The minimum absolute atomic E-state index is 0.438. The average molecular weight is 132 g/mol. The van der Waals surface area contributed by atoms with Gasteiger partial charge in [0.15, 0.2) is 0 Å². The van der Waals surface area contributed by atoms with E-state index in [2.05, 4.69) is 16.5 Å². The van der Waals surface area contributed by atoms with Gasteiger partial charge in [0.05, 0.1) is 6.20 Å². The Morgan fingerprint density at radius 3 is 2.56 bits per heavy atom. The number of hydrogen-bond donors (Lipinski definition) is 0. The predicted octanol–water partition coefficient (Wildman–Crippen LogP) is 0.647. The second-order valence-electron chi connectivity index (χ2n) is 1.63. The van der Waals surface area contributed by atoms with Gasteiger partial charge in [-0.3, -0.25) is 0 Å². The average Bonchev–Trinajstić information content (AvgIpc) is 2.08. The molecule has 3 nitrogen and oxygen atoms in total. The Balaban J connectivity index is 2.90. The lowest BCUT2D eigenvalue weighted by Crippen LogP contribution is -2.18. The van der Waals surface area contributed by atoms with E-state index in [4.69, 9.17) is 0 Å². The van der Waals surface area contributed by atoms with Crippen LogP contribution in [-0.4, -0.2) is 15.0 Å². The second kappa shape index (κ2) is 1.75. The van der Waals surface area contributed by atoms with E-state index in [0.29, 0.717) is 4.68 Å². The highest BCUT2D eigenvalue weighted by atomic mass is 19.3. The van der Waals surface area contributed by atoms with Crippen molar-refractivity contribution in [2.24, 2.45) is 0 Å². The summed E-state index contributed by atoms with van der Waals surface area (Å²) >= 11 is 0. The molecular weight excluding hydrogens is 128 g/mol. The first-order valence-electron chi connectivity index (χ1n) is 2.27. The molecule has 0 atom stereocenters. The van der Waals surface area contributed by atoms with Crippen molar-refractivity contribution in [2.45, 2.75) is 13.0 Å². The van der Waals surface area contributed by atoms with Crippen LogP contribution in [0.5, 0.6) is 0 Å². The van der Waals surface area contributed by atoms with E-state index in [9.17, 15) is 8.78 Å². The van der Waals surface area contributed by atoms with Crippen molar-refractivity contribution >= 4 is 0 Å².